The van der Waals surface area contributed by atoms with Crippen LogP contribution in [0.5, 0.6) is 0 Å². The number of anilines is 2. The standard InChI is InChI=1S/C9H14N6OS/c1-5(17(2)16)3-11-7-6-4-12-15-8(6)14-9(10)13-7/h4-5H,3H2,1-2H3,(H4,10,11,12,13,14,15). The number of nitrogens with one attached hydrogen (secondary N) is 2. The van der Waals surface area contributed by atoms with Gasteiger partial charge < -0.3 is 11.1 Å². The number of aromatic nitrogens is 4. The van der Waals surface area contributed by atoms with Crippen molar-refractivity contribution in [3.05, 3.63) is 6.20 Å². The van der Waals surface area contributed by atoms with E-state index in [-0.39, 0.29) is 11.2 Å². The Morgan fingerprint density at radius 3 is 3.06 bits per heavy atom. The van der Waals surface area contributed by atoms with Crippen molar-refractivity contribution in [1.82, 2.24) is 20.2 Å². The van der Waals surface area contributed by atoms with Gasteiger partial charge in [-0.15, -0.1) is 0 Å². The summed E-state index contributed by atoms with van der Waals surface area (Å²) in [5.41, 5.74) is 6.17. The first-order valence-corrected chi connectivity index (χ1v) is 6.72. The zero-order valence-corrected chi connectivity index (χ0v) is 10.4. The van der Waals surface area contributed by atoms with Gasteiger partial charge in [0.2, 0.25) is 5.95 Å². The number of nitrogen functional groups attached to an aromatic ring is 1. The van der Waals surface area contributed by atoms with Crippen LogP contribution in [0.3, 0.4) is 0 Å². The maximum absolute atomic E-state index is 11.2. The first-order valence-electron chi connectivity index (χ1n) is 5.10. The summed E-state index contributed by atoms with van der Waals surface area (Å²) in [6.07, 6.45) is 3.30. The minimum atomic E-state index is -0.874. The molecule has 0 spiro atoms. The Morgan fingerprint density at radius 1 is 1.59 bits per heavy atom. The quantitative estimate of drug-likeness (QED) is 0.714. The smallest absolute Gasteiger partial charge is 0.224 e. The Balaban J connectivity index is 2.23. The second-order valence-corrected chi connectivity index (χ2v) is 5.55. The average Bonchev–Trinajstić information content (AvgIpc) is 2.72. The summed E-state index contributed by atoms with van der Waals surface area (Å²) in [6.45, 7) is 2.46. The Bertz CT molecular complexity index is 553. The normalized spacial score (nSPS) is 14.7. The molecule has 0 aliphatic carbocycles. The molecule has 0 radical (unpaired) electrons. The second-order valence-electron chi connectivity index (χ2n) is 3.75. The summed E-state index contributed by atoms with van der Waals surface area (Å²) in [5.74, 6) is 0.785. The van der Waals surface area contributed by atoms with E-state index >= 15 is 0 Å². The van der Waals surface area contributed by atoms with Gasteiger partial charge in [0.15, 0.2) is 5.65 Å². The predicted octanol–water partition coefficient (Wildman–Crippen LogP) is 0.114. The Morgan fingerprint density at radius 2 is 2.35 bits per heavy atom. The highest BCUT2D eigenvalue weighted by molar-refractivity contribution is 7.84. The molecular weight excluding hydrogens is 240 g/mol. The topological polar surface area (TPSA) is 110 Å². The highest BCUT2D eigenvalue weighted by atomic mass is 32.2. The molecule has 0 amide bonds. The summed E-state index contributed by atoms with van der Waals surface area (Å²) >= 11 is 0. The van der Waals surface area contributed by atoms with Crippen molar-refractivity contribution in [2.75, 3.05) is 23.9 Å². The molecule has 7 nitrogen and oxygen atoms in total. The first-order chi connectivity index (χ1) is 8.08. The molecule has 0 saturated carbocycles. The van der Waals surface area contributed by atoms with E-state index in [1.807, 2.05) is 6.92 Å². The molecule has 0 bridgehead atoms. The van der Waals surface area contributed by atoms with Gasteiger partial charge in [0.25, 0.3) is 0 Å². The lowest BCUT2D eigenvalue weighted by molar-refractivity contribution is 0.679. The molecule has 2 unspecified atom stereocenters. The van der Waals surface area contributed by atoms with Crippen LogP contribution in [0.4, 0.5) is 11.8 Å². The largest absolute Gasteiger partial charge is 0.368 e. The Kier molecular flexibility index (Phi) is 3.23. The van der Waals surface area contributed by atoms with Gasteiger partial charge in [-0.05, 0) is 6.92 Å². The third-order valence-corrected chi connectivity index (χ3v) is 3.75. The van der Waals surface area contributed by atoms with Crippen LogP contribution < -0.4 is 11.1 Å². The van der Waals surface area contributed by atoms with Gasteiger partial charge in [0, 0.05) is 28.9 Å². The molecular formula is C9H14N6OS. The van der Waals surface area contributed by atoms with Crippen LogP contribution in [0, 0.1) is 0 Å². The molecule has 17 heavy (non-hydrogen) atoms. The Hall–Kier alpha value is -1.70. The maximum atomic E-state index is 11.2. The minimum Gasteiger partial charge on any atom is -0.368 e. The first kappa shape index (κ1) is 11.8. The summed E-state index contributed by atoms with van der Waals surface area (Å²) < 4.78 is 11.2. The van der Waals surface area contributed by atoms with E-state index in [1.54, 1.807) is 12.5 Å². The van der Waals surface area contributed by atoms with Gasteiger partial charge in [-0.1, -0.05) is 0 Å². The van der Waals surface area contributed by atoms with Crippen LogP contribution >= 0.6 is 0 Å². The zero-order valence-electron chi connectivity index (χ0n) is 9.60. The van der Waals surface area contributed by atoms with Crippen molar-refractivity contribution < 1.29 is 4.21 Å². The Labute approximate surface area is 101 Å². The maximum Gasteiger partial charge on any atom is 0.224 e. The summed E-state index contributed by atoms with van der Waals surface area (Å²) in [5, 5.41) is 10.5. The predicted molar refractivity (Wildman–Crippen MR) is 68.1 cm³/mol. The zero-order chi connectivity index (χ0) is 12.4. The molecule has 0 aliphatic heterocycles. The lowest BCUT2D eigenvalue weighted by atomic mass is 10.3. The number of hydrogen-bond donors (Lipinski definition) is 3. The summed E-state index contributed by atoms with van der Waals surface area (Å²) in [6, 6.07) is 0. The van der Waals surface area contributed by atoms with Crippen molar-refractivity contribution in [2.24, 2.45) is 0 Å². The van der Waals surface area contributed by atoms with Gasteiger partial charge in [0.1, 0.15) is 5.82 Å². The van der Waals surface area contributed by atoms with Gasteiger partial charge in [-0.3, -0.25) is 9.31 Å². The lowest BCUT2D eigenvalue weighted by Gasteiger charge is -2.11. The third-order valence-electron chi connectivity index (χ3n) is 2.45. The number of aromatic amines is 1. The van der Waals surface area contributed by atoms with Crippen LogP contribution in [0.2, 0.25) is 0 Å². The molecule has 2 rings (SSSR count). The molecule has 2 aromatic heterocycles. The SMILES string of the molecule is CC(CNc1nc(N)nc2[nH]ncc12)S(C)=O. The molecule has 0 fully saturated rings. The number of fused-ring (bicyclic) bond motifs is 1. The molecule has 2 heterocycles. The molecule has 4 N–H and O–H groups in total. The van der Waals surface area contributed by atoms with E-state index in [9.17, 15) is 4.21 Å². The minimum absolute atomic E-state index is 0.0353. The van der Waals surface area contributed by atoms with Crippen molar-refractivity contribution in [3.63, 3.8) is 0 Å². The average molecular weight is 254 g/mol. The van der Waals surface area contributed by atoms with E-state index in [1.165, 1.54) is 0 Å². The van der Waals surface area contributed by atoms with Crippen LogP contribution in [0.15, 0.2) is 6.20 Å². The van der Waals surface area contributed by atoms with Crippen molar-refractivity contribution in [3.8, 4) is 0 Å². The highest BCUT2D eigenvalue weighted by Crippen LogP contribution is 2.18. The summed E-state index contributed by atoms with van der Waals surface area (Å²) in [7, 11) is -0.874. The van der Waals surface area contributed by atoms with Crippen LogP contribution in [0.25, 0.3) is 11.0 Å². The van der Waals surface area contributed by atoms with E-state index in [0.717, 1.165) is 5.39 Å². The van der Waals surface area contributed by atoms with E-state index in [2.05, 4.69) is 25.5 Å². The van der Waals surface area contributed by atoms with Gasteiger partial charge in [-0.25, -0.2) is 0 Å². The molecule has 0 aromatic carbocycles. The highest BCUT2D eigenvalue weighted by Gasteiger charge is 2.10. The molecule has 2 atom stereocenters. The van der Waals surface area contributed by atoms with E-state index in [0.29, 0.717) is 18.0 Å². The number of rotatable bonds is 4. The van der Waals surface area contributed by atoms with E-state index in [4.69, 9.17) is 5.73 Å². The van der Waals surface area contributed by atoms with E-state index < -0.39 is 10.8 Å². The van der Waals surface area contributed by atoms with Crippen molar-refractivity contribution in [2.45, 2.75) is 12.2 Å². The van der Waals surface area contributed by atoms with Gasteiger partial charge in [-0.2, -0.15) is 15.1 Å². The molecule has 2 aromatic rings. The van der Waals surface area contributed by atoms with Crippen LogP contribution in [-0.2, 0) is 10.8 Å². The molecule has 8 heteroatoms. The third kappa shape index (κ3) is 2.52. The molecule has 0 saturated heterocycles. The monoisotopic (exact) mass is 254 g/mol. The van der Waals surface area contributed by atoms with Gasteiger partial charge >= 0.3 is 0 Å². The number of nitrogens with zero attached hydrogens (tertiary/aromatic N) is 3. The number of hydrogen-bond acceptors (Lipinski definition) is 6. The summed E-state index contributed by atoms with van der Waals surface area (Å²) in [4.78, 5) is 8.11. The van der Waals surface area contributed by atoms with Crippen LogP contribution in [-0.4, -0.2) is 42.4 Å². The second kappa shape index (κ2) is 4.66. The molecule has 92 valence electrons. The van der Waals surface area contributed by atoms with Crippen molar-refractivity contribution >= 4 is 33.6 Å². The fourth-order valence-corrected chi connectivity index (χ4v) is 1.66. The number of nitrogens with two attached hydrogens (primary N) is 1. The van der Waals surface area contributed by atoms with Crippen molar-refractivity contribution in [1.29, 1.82) is 0 Å². The number of H-pyrrole nitrogens is 1. The molecule has 0 aliphatic rings. The fourth-order valence-electron chi connectivity index (χ4n) is 1.34. The fraction of sp³-hybridized carbons (Fsp3) is 0.444. The van der Waals surface area contributed by atoms with Gasteiger partial charge in [0.05, 0.1) is 11.6 Å². The lowest BCUT2D eigenvalue weighted by Crippen LogP contribution is -2.21. The van der Waals surface area contributed by atoms with Crippen LogP contribution in [0.1, 0.15) is 6.92 Å².